The van der Waals surface area contributed by atoms with E-state index < -0.39 is 0 Å². The van der Waals surface area contributed by atoms with Crippen LogP contribution in [0.15, 0.2) is 0 Å². The first-order chi connectivity index (χ1) is 4.77. The molecule has 0 saturated heterocycles. The monoisotopic (exact) mass is 138 g/mol. The molecule has 0 nitrogen and oxygen atoms in total. The van der Waals surface area contributed by atoms with Gasteiger partial charge in [0.15, 0.2) is 0 Å². The van der Waals surface area contributed by atoms with Crippen LogP contribution in [0.2, 0.25) is 0 Å². The highest BCUT2D eigenvalue weighted by Crippen LogP contribution is 2.65. The third-order valence-corrected chi connectivity index (χ3v) is 4.24. The second-order valence-corrected chi connectivity index (χ2v) is 4.37. The van der Waals surface area contributed by atoms with Gasteiger partial charge in [-0.05, 0) is 30.1 Å². The zero-order valence-corrected chi connectivity index (χ0v) is 7.19. The maximum Gasteiger partial charge on any atom is -0.0241 e. The molecule has 0 aromatic rings. The lowest BCUT2D eigenvalue weighted by Crippen LogP contribution is -2.09. The molecular formula is C10H18. The molecular weight excluding hydrogens is 120 g/mol. The maximum absolute atomic E-state index is 2.44. The molecule has 0 bridgehead atoms. The lowest BCUT2D eigenvalue weighted by atomic mass is 9.83. The molecule has 2 saturated carbocycles. The van der Waals surface area contributed by atoms with E-state index in [2.05, 4.69) is 13.8 Å². The van der Waals surface area contributed by atoms with Crippen LogP contribution in [0, 0.1) is 17.3 Å². The minimum Gasteiger partial charge on any atom is -0.0617 e. The fourth-order valence-corrected chi connectivity index (χ4v) is 3.07. The lowest BCUT2D eigenvalue weighted by Gasteiger charge is -2.22. The molecule has 0 amide bonds. The molecule has 2 atom stereocenters. The predicted molar refractivity (Wildman–Crippen MR) is 43.8 cm³/mol. The first-order valence-electron chi connectivity index (χ1n) is 4.77. The molecule has 0 aromatic carbocycles. The van der Waals surface area contributed by atoms with Gasteiger partial charge in [0.2, 0.25) is 0 Å². The summed E-state index contributed by atoms with van der Waals surface area (Å²) in [5.41, 5.74) is 0.845. The summed E-state index contributed by atoms with van der Waals surface area (Å²) in [6.45, 7) is 4.88. The largest absolute Gasteiger partial charge is 0.0617 e. The van der Waals surface area contributed by atoms with E-state index in [0.29, 0.717) is 0 Å². The van der Waals surface area contributed by atoms with E-state index in [1.807, 2.05) is 0 Å². The molecule has 0 heterocycles. The highest BCUT2D eigenvalue weighted by atomic mass is 14.6. The van der Waals surface area contributed by atoms with Crippen molar-refractivity contribution < 1.29 is 0 Å². The SMILES string of the molecule is C[C@@H]1[C@H](C)C12CCCCC2. The zero-order valence-electron chi connectivity index (χ0n) is 7.19. The summed E-state index contributed by atoms with van der Waals surface area (Å²) in [4.78, 5) is 0. The van der Waals surface area contributed by atoms with Gasteiger partial charge >= 0.3 is 0 Å². The first-order valence-corrected chi connectivity index (χ1v) is 4.77. The van der Waals surface area contributed by atoms with Gasteiger partial charge in [-0.15, -0.1) is 0 Å². The molecule has 2 fully saturated rings. The molecule has 0 aromatic heterocycles. The highest BCUT2D eigenvalue weighted by molar-refractivity contribution is 5.06. The van der Waals surface area contributed by atoms with E-state index in [4.69, 9.17) is 0 Å². The molecule has 2 aliphatic carbocycles. The highest BCUT2D eigenvalue weighted by Gasteiger charge is 2.57. The predicted octanol–water partition coefficient (Wildman–Crippen LogP) is 3.22. The van der Waals surface area contributed by atoms with Crippen LogP contribution >= 0.6 is 0 Å². The van der Waals surface area contributed by atoms with Crippen LogP contribution in [0.1, 0.15) is 46.0 Å². The van der Waals surface area contributed by atoms with Crippen molar-refractivity contribution in [3.05, 3.63) is 0 Å². The van der Waals surface area contributed by atoms with Gasteiger partial charge in [0.05, 0.1) is 0 Å². The smallest absolute Gasteiger partial charge is 0.0241 e. The minimum atomic E-state index is 0.845. The summed E-state index contributed by atoms with van der Waals surface area (Å²) in [5, 5.41) is 0. The van der Waals surface area contributed by atoms with Gasteiger partial charge in [-0.1, -0.05) is 33.1 Å². The summed E-state index contributed by atoms with van der Waals surface area (Å²) in [5.74, 6) is 2.10. The van der Waals surface area contributed by atoms with Gasteiger partial charge in [0.25, 0.3) is 0 Å². The van der Waals surface area contributed by atoms with Crippen molar-refractivity contribution in [2.75, 3.05) is 0 Å². The van der Waals surface area contributed by atoms with E-state index >= 15 is 0 Å². The second kappa shape index (κ2) is 1.99. The number of rotatable bonds is 0. The number of hydrogen-bond acceptors (Lipinski definition) is 0. The quantitative estimate of drug-likeness (QED) is 0.482. The first kappa shape index (κ1) is 6.69. The Kier molecular flexibility index (Phi) is 1.33. The van der Waals surface area contributed by atoms with Crippen LogP contribution in [-0.2, 0) is 0 Å². The van der Waals surface area contributed by atoms with Crippen molar-refractivity contribution in [2.45, 2.75) is 46.0 Å². The van der Waals surface area contributed by atoms with Crippen LogP contribution in [0.4, 0.5) is 0 Å². The van der Waals surface area contributed by atoms with E-state index in [9.17, 15) is 0 Å². The average Bonchev–Trinajstić information content (AvgIpc) is 2.45. The minimum absolute atomic E-state index is 0.845. The zero-order chi connectivity index (χ0) is 7.19. The molecule has 2 aliphatic rings. The number of hydrogen-bond donors (Lipinski definition) is 0. The van der Waals surface area contributed by atoms with Crippen molar-refractivity contribution in [3.8, 4) is 0 Å². The fraction of sp³-hybridized carbons (Fsp3) is 1.00. The van der Waals surface area contributed by atoms with E-state index in [-0.39, 0.29) is 0 Å². The maximum atomic E-state index is 2.44. The Hall–Kier alpha value is 0. The van der Waals surface area contributed by atoms with Gasteiger partial charge in [-0.25, -0.2) is 0 Å². The molecule has 0 radical (unpaired) electrons. The molecule has 0 N–H and O–H groups in total. The van der Waals surface area contributed by atoms with Gasteiger partial charge < -0.3 is 0 Å². The van der Waals surface area contributed by atoms with Crippen LogP contribution < -0.4 is 0 Å². The Morgan fingerprint density at radius 2 is 1.40 bits per heavy atom. The Bertz CT molecular complexity index is 121. The van der Waals surface area contributed by atoms with Crippen LogP contribution in [-0.4, -0.2) is 0 Å². The van der Waals surface area contributed by atoms with Crippen LogP contribution in [0.5, 0.6) is 0 Å². The summed E-state index contributed by atoms with van der Waals surface area (Å²) in [6, 6.07) is 0. The Morgan fingerprint density at radius 1 is 0.900 bits per heavy atom. The van der Waals surface area contributed by atoms with Gasteiger partial charge in [-0.3, -0.25) is 0 Å². The van der Waals surface area contributed by atoms with Gasteiger partial charge in [0.1, 0.15) is 0 Å². The molecule has 0 heteroatoms. The van der Waals surface area contributed by atoms with Gasteiger partial charge in [-0.2, -0.15) is 0 Å². The summed E-state index contributed by atoms with van der Waals surface area (Å²) >= 11 is 0. The standard InChI is InChI=1S/C10H18/c1-8-9(2)10(8)6-4-3-5-7-10/h8-9H,3-7H2,1-2H3/t8-,9+. The van der Waals surface area contributed by atoms with E-state index in [0.717, 1.165) is 17.3 Å². The van der Waals surface area contributed by atoms with Crippen molar-refractivity contribution >= 4 is 0 Å². The summed E-state index contributed by atoms with van der Waals surface area (Å²) in [7, 11) is 0. The normalized spacial score (nSPS) is 43.8. The molecule has 10 heavy (non-hydrogen) atoms. The fourth-order valence-electron chi connectivity index (χ4n) is 3.07. The molecule has 0 unspecified atom stereocenters. The molecule has 2 rings (SSSR count). The van der Waals surface area contributed by atoms with Crippen molar-refractivity contribution in [2.24, 2.45) is 17.3 Å². The van der Waals surface area contributed by atoms with Crippen LogP contribution in [0.25, 0.3) is 0 Å². The van der Waals surface area contributed by atoms with E-state index in [1.54, 1.807) is 0 Å². The molecule has 58 valence electrons. The topological polar surface area (TPSA) is 0 Å². The summed E-state index contributed by atoms with van der Waals surface area (Å²) < 4.78 is 0. The molecule has 1 spiro atoms. The Balaban J connectivity index is 2.03. The summed E-state index contributed by atoms with van der Waals surface area (Å²) in [6.07, 6.45) is 7.59. The van der Waals surface area contributed by atoms with E-state index in [1.165, 1.54) is 32.1 Å². The van der Waals surface area contributed by atoms with Gasteiger partial charge in [0, 0.05) is 0 Å². The lowest BCUT2D eigenvalue weighted by molar-refractivity contribution is 0.298. The van der Waals surface area contributed by atoms with Crippen molar-refractivity contribution in [1.82, 2.24) is 0 Å². The van der Waals surface area contributed by atoms with Crippen molar-refractivity contribution in [1.29, 1.82) is 0 Å². The second-order valence-electron chi connectivity index (χ2n) is 4.37. The Labute approximate surface area is 64.0 Å². The molecule has 0 aliphatic heterocycles. The van der Waals surface area contributed by atoms with Crippen LogP contribution in [0.3, 0.4) is 0 Å². The third kappa shape index (κ3) is 0.681. The average molecular weight is 138 g/mol. The Morgan fingerprint density at radius 3 is 1.70 bits per heavy atom. The van der Waals surface area contributed by atoms with Crippen molar-refractivity contribution in [3.63, 3.8) is 0 Å². The third-order valence-electron chi connectivity index (χ3n) is 4.24.